The van der Waals surface area contributed by atoms with Crippen molar-refractivity contribution < 1.29 is 0 Å². The molecule has 0 atom stereocenters. The maximum atomic E-state index is 12.9. The number of nitrogens with zero attached hydrogens (tertiary/aromatic N) is 5. The number of aromatic nitrogens is 6. The summed E-state index contributed by atoms with van der Waals surface area (Å²) in [4.78, 5) is 13.4. The topological polar surface area (TPSA) is 81.4 Å². The summed E-state index contributed by atoms with van der Waals surface area (Å²) in [6, 6.07) is 17.3. The van der Waals surface area contributed by atoms with Crippen LogP contribution >= 0.6 is 11.8 Å². The Bertz CT molecular complexity index is 1090. The van der Waals surface area contributed by atoms with Crippen molar-refractivity contribution in [3.8, 4) is 11.4 Å². The minimum atomic E-state index is -0.126. The summed E-state index contributed by atoms with van der Waals surface area (Å²) in [7, 11) is 0. The van der Waals surface area contributed by atoms with Gasteiger partial charge in [-0.15, -0.1) is 5.10 Å². The van der Waals surface area contributed by atoms with E-state index in [-0.39, 0.29) is 5.56 Å². The number of benzene rings is 2. The quantitative estimate of drug-likeness (QED) is 0.602. The lowest BCUT2D eigenvalue weighted by Crippen LogP contribution is -2.15. The number of hydrogen-bond acceptors (Lipinski definition) is 5. The van der Waals surface area contributed by atoms with E-state index in [9.17, 15) is 4.79 Å². The number of para-hydroxylation sites is 1. The Labute approximate surface area is 153 Å². The van der Waals surface area contributed by atoms with Crippen LogP contribution in [0.25, 0.3) is 11.4 Å². The largest absolute Gasteiger partial charge is 0.294 e. The average molecular weight is 364 g/mol. The highest BCUT2D eigenvalue weighted by atomic mass is 32.2. The molecule has 1 N–H and O–H groups in total. The molecular formula is C18H16N6OS. The van der Waals surface area contributed by atoms with Gasteiger partial charge in [0, 0.05) is 5.69 Å². The third-order valence-electron chi connectivity index (χ3n) is 3.94. The molecule has 0 amide bonds. The number of hydrogen-bond donors (Lipinski definition) is 1. The number of nitrogens with one attached hydrogen (secondary N) is 1. The molecule has 7 nitrogen and oxygen atoms in total. The SMILES string of the molecule is Cc1ccc(-n2[nH]c(C)c(Sc3nnnn3-c3ccccc3)c2=O)cc1. The molecule has 2 aromatic carbocycles. The van der Waals surface area contributed by atoms with Crippen molar-refractivity contribution in [3.05, 3.63) is 76.2 Å². The predicted octanol–water partition coefficient (Wildman–Crippen LogP) is 2.91. The summed E-state index contributed by atoms with van der Waals surface area (Å²) >= 11 is 1.25. The predicted molar refractivity (Wildman–Crippen MR) is 99.1 cm³/mol. The second-order valence-corrected chi connectivity index (χ2v) is 6.83. The third kappa shape index (κ3) is 2.95. The van der Waals surface area contributed by atoms with Crippen molar-refractivity contribution >= 4 is 11.8 Å². The molecule has 0 aliphatic carbocycles. The van der Waals surface area contributed by atoms with Crippen LogP contribution in [-0.4, -0.2) is 30.0 Å². The zero-order valence-electron chi connectivity index (χ0n) is 14.2. The van der Waals surface area contributed by atoms with Crippen molar-refractivity contribution in [1.29, 1.82) is 0 Å². The van der Waals surface area contributed by atoms with Gasteiger partial charge in [0.15, 0.2) is 0 Å². The lowest BCUT2D eigenvalue weighted by Gasteiger charge is -2.02. The summed E-state index contributed by atoms with van der Waals surface area (Å²) < 4.78 is 3.15. The van der Waals surface area contributed by atoms with Gasteiger partial charge in [0.1, 0.15) is 4.90 Å². The monoisotopic (exact) mass is 364 g/mol. The van der Waals surface area contributed by atoms with Gasteiger partial charge >= 0.3 is 0 Å². The van der Waals surface area contributed by atoms with Crippen molar-refractivity contribution in [2.45, 2.75) is 23.9 Å². The standard InChI is InChI=1S/C18H16N6OS/c1-12-8-10-15(11-9-12)23-17(25)16(13(2)20-23)26-18-19-21-22-24(18)14-6-4-3-5-7-14/h3-11,20H,1-2H3. The van der Waals surface area contributed by atoms with E-state index in [1.54, 1.807) is 4.68 Å². The van der Waals surface area contributed by atoms with E-state index in [0.717, 1.165) is 22.6 Å². The molecule has 2 aromatic heterocycles. The highest BCUT2D eigenvalue weighted by Gasteiger charge is 2.18. The van der Waals surface area contributed by atoms with E-state index in [1.165, 1.54) is 16.4 Å². The second-order valence-electron chi connectivity index (χ2n) is 5.85. The van der Waals surface area contributed by atoms with Crippen LogP contribution in [0.5, 0.6) is 0 Å². The molecule has 0 radical (unpaired) electrons. The smallest absolute Gasteiger partial charge is 0.285 e. The third-order valence-corrected chi connectivity index (χ3v) is 5.07. The maximum absolute atomic E-state index is 12.9. The summed E-state index contributed by atoms with van der Waals surface area (Å²) in [6.45, 7) is 3.88. The minimum Gasteiger partial charge on any atom is -0.294 e. The first-order valence-electron chi connectivity index (χ1n) is 8.04. The molecule has 0 saturated heterocycles. The van der Waals surface area contributed by atoms with Gasteiger partial charge in [0.25, 0.3) is 5.56 Å². The lowest BCUT2D eigenvalue weighted by molar-refractivity contribution is 0.756. The van der Waals surface area contributed by atoms with Crippen molar-refractivity contribution in [2.75, 3.05) is 0 Å². The normalized spacial score (nSPS) is 11.0. The number of rotatable bonds is 4. The Balaban J connectivity index is 1.72. The number of aryl methyl sites for hydroxylation is 2. The van der Waals surface area contributed by atoms with E-state index < -0.39 is 0 Å². The van der Waals surface area contributed by atoms with Crippen LogP contribution in [0, 0.1) is 13.8 Å². The molecular weight excluding hydrogens is 348 g/mol. The van der Waals surface area contributed by atoms with Crippen LogP contribution in [0.3, 0.4) is 0 Å². The summed E-state index contributed by atoms with van der Waals surface area (Å²) in [5, 5.41) is 15.5. The maximum Gasteiger partial charge on any atom is 0.285 e. The Kier molecular flexibility index (Phi) is 4.18. The molecule has 26 heavy (non-hydrogen) atoms. The highest BCUT2D eigenvalue weighted by Crippen LogP contribution is 2.27. The first kappa shape index (κ1) is 16.3. The van der Waals surface area contributed by atoms with Gasteiger partial charge in [0.05, 0.1) is 11.4 Å². The van der Waals surface area contributed by atoms with Crippen molar-refractivity contribution in [1.82, 2.24) is 30.0 Å². The molecule has 0 spiro atoms. The van der Waals surface area contributed by atoms with Gasteiger partial charge in [-0.1, -0.05) is 35.9 Å². The Morgan fingerprint density at radius 3 is 2.42 bits per heavy atom. The first-order chi connectivity index (χ1) is 12.6. The summed E-state index contributed by atoms with van der Waals surface area (Å²) in [5.74, 6) is 0. The Hall–Kier alpha value is -3.13. The number of tetrazole rings is 1. The minimum absolute atomic E-state index is 0.126. The van der Waals surface area contributed by atoms with Gasteiger partial charge in [-0.2, -0.15) is 4.68 Å². The van der Waals surface area contributed by atoms with E-state index in [1.807, 2.05) is 68.4 Å². The molecule has 130 valence electrons. The number of aromatic amines is 1. The molecule has 2 heterocycles. The zero-order valence-corrected chi connectivity index (χ0v) is 15.1. The van der Waals surface area contributed by atoms with Crippen LogP contribution in [0.2, 0.25) is 0 Å². The van der Waals surface area contributed by atoms with Crippen LogP contribution in [0.4, 0.5) is 0 Å². The van der Waals surface area contributed by atoms with Crippen molar-refractivity contribution in [2.24, 2.45) is 0 Å². The average Bonchev–Trinajstić information content (AvgIpc) is 3.23. The molecule has 8 heteroatoms. The molecule has 0 fully saturated rings. The van der Waals surface area contributed by atoms with E-state index in [4.69, 9.17) is 0 Å². The Morgan fingerprint density at radius 2 is 1.69 bits per heavy atom. The zero-order chi connectivity index (χ0) is 18.1. The first-order valence-corrected chi connectivity index (χ1v) is 8.85. The van der Waals surface area contributed by atoms with Crippen LogP contribution in [0.15, 0.2) is 69.4 Å². The van der Waals surface area contributed by atoms with E-state index in [0.29, 0.717) is 10.1 Å². The fraction of sp³-hybridized carbons (Fsp3) is 0.111. The number of H-pyrrole nitrogens is 1. The van der Waals surface area contributed by atoms with Crippen molar-refractivity contribution in [3.63, 3.8) is 0 Å². The fourth-order valence-electron chi connectivity index (χ4n) is 2.59. The van der Waals surface area contributed by atoms with Gasteiger partial charge in [-0.3, -0.25) is 9.89 Å². The molecule has 0 saturated carbocycles. The van der Waals surface area contributed by atoms with Gasteiger partial charge < -0.3 is 0 Å². The molecule has 4 aromatic rings. The van der Waals surface area contributed by atoms with Crippen LogP contribution < -0.4 is 5.56 Å². The van der Waals surface area contributed by atoms with E-state index >= 15 is 0 Å². The second kappa shape index (κ2) is 6.64. The molecule has 0 unspecified atom stereocenters. The highest BCUT2D eigenvalue weighted by molar-refractivity contribution is 7.99. The summed E-state index contributed by atoms with van der Waals surface area (Å²) in [6.07, 6.45) is 0. The fourth-order valence-corrected chi connectivity index (χ4v) is 3.46. The van der Waals surface area contributed by atoms with Gasteiger partial charge in [-0.25, -0.2) is 4.68 Å². The van der Waals surface area contributed by atoms with Gasteiger partial charge in [0.2, 0.25) is 5.16 Å². The van der Waals surface area contributed by atoms with Crippen LogP contribution in [0.1, 0.15) is 11.3 Å². The molecule has 0 aliphatic rings. The summed E-state index contributed by atoms with van der Waals surface area (Å²) in [5.41, 5.74) is 3.41. The molecule has 0 bridgehead atoms. The van der Waals surface area contributed by atoms with E-state index in [2.05, 4.69) is 20.6 Å². The molecule has 4 rings (SSSR count). The van der Waals surface area contributed by atoms with Crippen LogP contribution in [-0.2, 0) is 0 Å². The lowest BCUT2D eigenvalue weighted by atomic mass is 10.2. The Morgan fingerprint density at radius 1 is 0.962 bits per heavy atom. The molecule has 0 aliphatic heterocycles. The van der Waals surface area contributed by atoms with Gasteiger partial charge in [-0.05, 0) is 60.3 Å².